The fourth-order valence-corrected chi connectivity index (χ4v) is 4.66. The molecule has 0 amide bonds. The predicted octanol–water partition coefficient (Wildman–Crippen LogP) is 1.15. The molecule has 1 atom stereocenters. The highest BCUT2D eigenvalue weighted by Gasteiger charge is 2.35. The van der Waals surface area contributed by atoms with Gasteiger partial charge in [0.2, 0.25) is 0 Å². The second-order valence-corrected chi connectivity index (χ2v) is 7.88. The van der Waals surface area contributed by atoms with Crippen LogP contribution in [0.3, 0.4) is 0 Å². The first-order chi connectivity index (χ1) is 9.41. The van der Waals surface area contributed by atoms with Gasteiger partial charge in [-0.2, -0.15) is 17.0 Å². The van der Waals surface area contributed by atoms with E-state index in [1.165, 1.54) is 4.31 Å². The van der Waals surface area contributed by atoms with Crippen molar-refractivity contribution in [2.75, 3.05) is 26.2 Å². The number of piperidine rings is 1. The van der Waals surface area contributed by atoms with E-state index in [1.807, 2.05) is 0 Å². The zero-order chi connectivity index (χ0) is 14.8. The Morgan fingerprint density at radius 1 is 1.00 bits per heavy atom. The first-order valence-electron chi connectivity index (χ1n) is 7.39. The Hall–Kier alpha value is -0.660. The van der Waals surface area contributed by atoms with Crippen molar-refractivity contribution in [2.45, 2.75) is 39.0 Å². The lowest BCUT2D eigenvalue weighted by Crippen LogP contribution is -2.48. The summed E-state index contributed by atoms with van der Waals surface area (Å²) < 4.78 is 28.2. The highest BCUT2D eigenvalue weighted by atomic mass is 32.2. The lowest BCUT2D eigenvalue weighted by atomic mass is 9.99. The number of aliphatic carboxylic acids is 1. The maximum absolute atomic E-state index is 12.6. The molecule has 2 saturated heterocycles. The van der Waals surface area contributed by atoms with Crippen LogP contribution in [0.2, 0.25) is 0 Å². The number of hydrogen-bond donors (Lipinski definition) is 1. The Morgan fingerprint density at radius 2 is 1.55 bits per heavy atom. The lowest BCUT2D eigenvalue weighted by molar-refractivity contribution is -0.142. The van der Waals surface area contributed by atoms with Crippen molar-refractivity contribution in [1.29, 1.82) is 0 Å². The van der Waals surface area contributed by atoms with Crippen LogP contribution in [0.15, 0.2) is 0 Å². The zero-order valence-corrected chi connectivity index (χ0v) is 12.8. The third-order valence-electron chi connectivity index (χ3n) is 4.43. The summed E-state index contributed by atoms with van der Waals surface area (Å²) in [5, 5.41) is 8.96. The Balaban J connectivity index is 1.98. The third kappa shape index (κ3) is 3.51. The van der Waals surface area contributed by atoms with Crippen LogP contribution in [0, 0.1) is 11.8 Å². The van der Waals surface area contributed by atoms with Gasteiger partial charge in [0.25, 0.3) is 10.2 Å². The second-order valence-electron chi connectivity index (χ2n) is 5.95. The van der Waals surface area contributed by atoms with Gasteiger partial charge in [-0.05, 0) is 38.0 Å². The summed E-state index contributed by atoms with van der Waals surface area (Å²) in [6.45, 7) is 3.99. The van der Waals surface area contributed by atoms with Gasteiger partial charge in [0.1, 0.15) is 0 Å². The molecule has 0 radical (unpaired) electrons. The molecule has 20 heavy (non-hydrogen) atoms. The molecule has 0 spiro atoms. The van der Waals surface area contributed by atoms with Crippen molar-refractivity contribution in [1.82, 2.24) is 8.61 Å². The highest BCUT2D eigenvalue weighted by molar-refractivity contribution is 7.86. The Kier molecular flexibility index (Phi) is 5.04. The minimum absolute atomic E-state index is 0.325. The molecule has 2 rings (SSSR count). The monoisotopic (exact) mass is 304 g/mol. The summed E-state index contributed by atoms with van der Waals surface area (Å²) in [7, 11) is -3.41. The fourth-order valence-electron chi connectivity index (χ4n) is 2.96. The van der Waals surface area contributed by atoms with Crippen LogP contribution in [0.1, 0.15) is 39.0 Å². The van der Waals surface area contributed by atoms with Crippen LogP contribution in [0.4, 0.5) is 0 Å². The van der Waals surface area contributed by atoms with Crippen molar-refractivity contribution in [3.05, 3.63) is 0 Å². The molecule has 1 N–H and O–H groups in total. The molecule has 0 aromatic rings. The van der Waals surface area contributed by atoms with E-state index in [4.69, 9.17) is 5.11 Å². The average Bonchev–Trinajstić information content (AvgIpc) is 2.64. The van der Waals surface area contributed by atoms with E-state index in [1.54, 1.807) is 4.31 Å². The Labute approximate surface area is 120 Å². The quantitative estimate of drug-likeness (QED) is 0.848. The van der Waals surface area contributed by atoms with E-state index in [0.29, 0.717) is 44.9 Å². The normalized spacial score (nSPS) is 28.1. The number of carboxylic acids is 1. The summed E-state index contributed by atoms with van der Waals surface area (Å²) in [4.78, 5) is 10.9. The molecule has 6 nitrogen and oxygen atoms in total. The minimum atomic E-state index is -3.41. The lowest BCUT2D eigenvalue weighted by Gasteiger charge is -2.33. The SMILES string of the molecule is CC1CCCN(S(=O)(=O)N2CCC(C(=O)O)CC2)CC1. The molecule has 7 heteroatoms. The van der Waals surface area contributed by atoms with E-state index in [-0.39, 0.29) is 0 Å². The van der Waals surface area contributed by atoms with Gasteiger partial charge in [-0.25, -0.2) is 0 Å². The maximum Gasteiger partial charge on any atom is 0.306 e. The number of carbonyl (C=O) groups is 1. The van der Waals surface area contributed by atoms with Crippen molar-refractivity contribution in [3.63, 3.8) is 0 Å². The Morgan fingerprint density at radius 3 is 2.15 bits per heavy atom. The van der Waals surface area contributed by atoms with Gasteiger partial charge in [-0.1, -0.05) is 6.92 Å². The summed E-state index contributed by atoms with van der Waals surface area (Å²) in [6, 6.07) is 0. The van der Waals surface area contributed by atoms with E-state index >= 15 is 0 Å². The van der Waals surface area contributed by atoms with Gasteiger partial charge in [0, 0.05) is 26.2 Å². The molecule has 2 heterocycles. The molecular weight excluding hydrogens is 280 g/mol. The van der Waals surface area contributed by atoms with Gasteiger partial charge >= 0.3 is 5.97 Å². The van der Waals surface area contributed by atoms with E-state index < -0.39 is 22.1 Å². The van der Waals surface area contributed by atoms with Gasteiger partial charge in [-0.3, -0.25) is 4.79 Å². The molecule has 2 aliphatic heterocycles. The molecule has 2 aliphatic rings. The smallest absolute Gasteiger partial charge is 0.306 e. The van der Waals surface area contributed by atoms with Gasteiger partial charge in [0.15, 0.2) is 0 Å². The maximum atomic E-state index is 12.6. The van der Waals surface area contributed by atoms with Crippen molar-refractivity contribution in [2.24, 2.45) is 11.8 Å². The van der Waals surface area contributed by atoms with Crippen molar-refractivity contribution >= 4 is 16.2 Å². The van der Waals surface area contributed by atoms with Gasteiger partial charge in [0.05, 0.1) is 5.92 Å². The topological polar surface area (TPSA) is 77.9 Å². The number of hydrogen-bond acceptors (Lipinski definition) is 3. The summed E-state index contributed by atoms with van der Waals surface area (Å²) in [6.07, 6.45) is 3.72. The van der Waals surface area contributed by atoms with Gasteiger partial charge in [-0.15, -0.1) is 0 Å². The molecule has 0 aromatic carbocycles. The standard InChI is InChI=1S/C13H24N2O4S/c1-11-3-2-7-14(8-4-11)20(18,19)15-9-5-12(6-10-15)13(16)17/h11-12H,2-10H2,1H3,(H,16,17). The Bertz CT molecular complexity index is 443. The first kappa shape index (κ1) is 15.7. The van der Waals surface area contributed by atoms with Gasteiger partial charge < -0.3 is 5.11 Å². The van der Waals surface area contributed by atoms with Crippen LogP contribution in [-0.2, 0) is 15.0 Å². The molecule has 0 aliphatic carbocycles. The molecule has 1 unspecified atom stereocenters. The predicted molar refractivity (Wildman–Crippen MR) is 75.4 cm³/mol. The largest absolute Gasteiger partial charge is 0.481 e. The van der Waals surface area contributed by atoms with E-state index in [9.17, 15) is 13.2 Å². The molecule has 0 aromatic heterocycles. The third-order valence-corrected chi connectivity index (χ3v) is 6.47. The molecule has 2 fully saturated rings. The minimum Gasteiger partial charge on any atom is -0.481 e. The van der Waals surface area contributed by atoms with Crippen LogP contribution in [0.25, 0.3) is 0 Å². The van der Waals surface area contributed by atoms with Crippen LogP contribution < -0.4 is 0 Å². The number of nitrogens with zero attached hydrogens (tertiary/aromatic N) is 2. The highest BCUT2D eigenvalue weighted by Crippen LogP contribution is 2.24. The molecular formula is C13H24N2O4S. The van der Waals surface area contributed by atoms with Crippen molar-refractivity contribution < 1.29 is 18.3 Å². The number of rotatable bonds is 3. The average molecular weight is 304 g/mol. The van der Waals surface area contributed by atoms with Crippen LogP contribution in [0.5, 0.6) is 0 Å². The molecule has 0 bridgehead atoms. The summed E-state index contributed by atoms with van der Waals surface area (Å²) in [5.41, 5.74) is 0. The second kappa shape index (κ2) is 6.41. The molecule has 116 valence electrons. The fraction of sp³-hybridized carbons (Fsp3) is 0.923. The van der Waals surface area contributed by atoms with Crippen molar-refractivity contribution in [3.8, 4) is 0 Å². The van der Waals surface area contributed by atoms with E-state index in [2.05, 4.69) is 6.92 Å². The van der Waals surface area contributed by atoms with Crippen LogP contribution >= 0.6 is 0 Å². The number of carboxylic acid groups (broad SMARTS) is 1. The zero-order valence-electron chi connectivity index (χ0n) is 12.0. The summed E-state index contributed by atoms with van der Waals surface area (Å²) in [5.74, 6) is -0.635. The summed E-state index contributed by atoms with van der Waals surface area (Å²) >= 11 is 0. The van der Waals surface area contributed by atoms with E-state index in [0.717, 1.165) is 19.3 Å². The molecule has 0 saturated carbocycles. The first-order valence-corrected chi connectivity index (χ1v) is 8.79. The van der Waals surface area contributed by atoms with Crippen LogP contribution in [-0.4, -0.2) is 54.3 Å².